The van der Waals surface area contributed by atoms with Crippen molar-refractivity contribution in [2.75, 3.05) is 18.4 Å². The van der Waals surface area contributed by atoms with Crippen LogP contribution < -0.4 is 10.1 Å². The predicted octanol–water partition coefficient (Wildman–Crippen LogP) is 4.66. The first-order chi connectivity index (χ1) is 12.0. The summed E-state index contributed by atoms with van der Waals surface area (Å²) < 4.78 is 40.4. The summed E-state index contributed by atoms with van der Waals surface area (Å²) in [5, 5.41) is 3.39. The molecule has 1 saturated heterocycles. The molecule has 134 valence electrons. The minimum absolute atomic E-state index is 0.198. The first kappa shape index (κ1) is 17.6. The van der Waals surface area contributed by atoms with Crippen LogP contribution >= 0.6 is 0 Å². The Bertz CT molecular complexity index is 651. The standard InChI is InChI=1S/C19H21F3N2O/c20-19(21,22)25-18-8-6-16(7-9-18)23-17-10-12-24(13-11-17)14-15-4-2-1-3-5-15/h1-9,17,23H,10-14H2. The van der Waals surface area contributed by atoms with Gasteiger partial charge in [-0.25, -0.2) is 0 Å². The van der Waals surface area contributed by atoms with Gasteiger partial charge in [-0.1, -0.05) is 30.3 Å². The Hall–Kier alpha value is -2.21. The molecule has 0 aromatic heterocycles. The monoisotopic (exact) mass is 350 g/mol. The van der Waals surface area contributed by atoms with E-state index in [0.717, 1.165) is 38.2 Å². The highest BCUT2D eigenvalue weighted by Crippen LogP contribution is 2.25. The van der Waals surface area contributed by atoms with Gasteiger partial charge in [0.05, 0.1) is 0 Å². The van der Waals surface area contributed by atoms with Gasteiger partial charge in [0.1, 0.15) is 5.75 Å². The van der Waals surface area contributed by atoms with Crippen LogP contribution in [0.25, 0.3) is 0 Å². The second-order valence-electron chi connectivity index (χ2n) is 6.25. The van der Waals surface area contributed by atoms with Gasteiger partial charge in [0.2, 0.25) is 0 Å². The van der Waals surface area contributed by atoms with Crippen LogP contribution in [0, 0.1) is 0 Å². The lowest BCUT2D eigenvalue weighted by molar-refractivity contribution is -0.274. The molecule has 25 heavy (non-hydrogen) atoms. The van der Waals surface area contributed by atoms with Crippen LogP contribution in [-0.2, 0) is 6.54 Å². The summed E-state index contributed by atoms with van der Waals surface area (Å²) in [5.74, 6) is -0.198. The number of ether oxygens (including phenoxy) is 1. The number of nitrogens with one attached hydrogen (secondary N) is 1. The third-order valence-corrected chi connectivity index (χ3v) is 4.30. The third-order valence-electron chi connectivity index (χ3n) is 4.30. The van der Waals surface area contributed by atoms with E-state index in [-0.39, 0.29) is 5.75 Å². The van der Waals surface area contributed by atoms with Gasteiger partial charge >= 0.3 is 6.36 Å². The molecular weight excluding hydrogens is 329 g/mol. The van der Waals surface area contributed by atoms with Crippen molar-refractivity contribution in [3.8, 4) is 5.75 Å². The number of hydrogen-bond donors (Lipinski definition) is 1. The Labute approximate surface area is 145 Å². The smallest absolute Gasteiger partial charge is 0.406 e. The largest absolute Gasteiger partial charge is 0.573 e. The topological polar surface area (TPSA) is 24.5 Å². The van der Waals surface area contributed by atoms with E-state index in [0.29, 0.717) is 6.04 Å². The van der Waals surface area contributed by atoms with Gasteiger partial charge in [-0.3, -0.25) is 4.90 Å². The SMILES string of the molecule is FC(F)(F)Oc1ccc(NC2CCN(Cc3ccccc3)CC2)cc1. The normalized spacial score (nSPS) is 16.6. The van der Waals surface area contributed by atoms with Gasteiger partial charge in [0, 0.05) is 31.4 Å². The first-order valence-corrected chi connectivity index (χ1v) is 8.36. The molecule has 0 unspecified atom stereocenters. The lowest BCUT2D eigenvalue weighted by Crippen LogP contribution is -2.38. The zero-order valence-corrected chi connectivity index (χ0v) is 13.8. The second-order valence-corrected chi connectivity index (χ2v) is 6.25. The maximum absolute atomic E-state index is 12.2. The fourth-order valence-electron chi connectivity index (χ4n) is 3.07. The number of alkyl halides is 3. The van der Waals surface area contributed by atoms with Crippen molar-refractivity contribution in [1.29, 1.82) is 0 Å². The maximum atomic E-state index is 12.2. The molecular formula is C19H21F3N2O. The van der Waals surface area contributed by atoms with Gasteiger partial charge in [0.25, 0.3) is 0 Å². The Morgan fingerprint density at radius 1 is 0.960 bits per heavy atom. The summed E-state index contributed by atoms with van der Waals surface area (Å²) in [5.41, 5.74) is 2.13. The molecule has 1 aliphatic rings. The Kier molecular flexibility index (Phi) is 5.48. The van der Waals surface area contributed by atoms with Crippen molar-refractivity contribution >= 4 is 5.69 Å². The van der Waals surface area contributed by atoms with Gasteiger partial charge in [-0.05, 0) is 42.7 Å². The van der Waals surface area contributed by atoms with Gasteiger partial charge in [0.15, 0.2) is 0 Å². The number of likely N-dealkylation sites (tertiary alicyclic amines) is 1. The third kappa shape index (κ3) is 5.67. The fraction of sp³-hybridized carbons (Fsp3) is 0.368. The molecule has 3 rings (SSSR count). The molecule has 0 radical (unpaired) electrons. The summed E-state index contributed by atoms with van der Waals surface area (Å²) in [6.07, 6.45) is -2.64. The highest BCUT2D eigenvalue weighted by Gasteiger charge is 2.31. The molecule has 0 saturated carbocycles. The molecule has 1 aliphatic heterocycles. The number of rotatable bonds is 5. The maximum Gasteiger partial charge on any atom is 0.573 e. The second kappa shape index (κ2) is 7.78. The molecule has 1 fully saturated rings. The number of piperidine rings is 1. The van der Waals surface area contributed by atoms with Crippen molar-refractivity contribution < 1.29 is 17.9 Å². The van der Waals surface area contributed by atoms with Crippen LogP contribution in [0.5, 0.6) is 5.75 Å². The van der Waals surface area contributed by atoms with Crippen LogP contribution in [0.1, 0.15) is 18.4 Å². The molecule has 2 aromatic carbocycles. The van der Waals surface area contributed by atoms with Crippen LogP contribution in [-0.4, -0.2) is 30.4 Å². The predicted molar refractivity (Wildman–Crippen MR) is 91.5 cm³/mol. The molecule has 0 atom stereocenters. The van der Waals surface area contributed by atoms with E-state index >= 15 is 0 Å². The summed E-state index contributed by atoms with van der Waals surface area (Å²) in [6.45, 7) is 2.96. The van der Waals surface area contributed by atoms with Crippen molar-refractivity contribution in [3.63, 3.8) is 0 Å². The van der Waals surface area contributed by atoms with E-state index in [1.54, 1.807) is 12.1 Å². The average Bonchev–Trinajstić information content (AvgIpc) is 2.58. The van der Waals surface area contributed by atoms with Gasteiger partial charge < -0.3 is 10.1 Å². The number of nitrogens with zero attached hydrogens (tertiary/aromatic N) is 1. The van der Waals surface area contributed by atoms with Gasteiger partial charge in [-0.2, -0.15) is 0 Å². The molecule has 3 nitrogen and oxygen atoms in total. The number of hydrogen-bond acceptors (Lipinski definition) is 3. The number of benzene rings is 2. The molecule has 0 bridgehead atoms. The van der Waals surface area contributed by atoms with E-state index in [1.165, 1.54) is 17.7 Å². The minimum Gasteiger partial charge on any atom is -0.406 e. The molecule has 1 N–H and O–H groups in total. The number of anilines is 1. The minimum atomic E-state index is -4.65. The summed E-state index contributed by atoms with van der Waals surface area (Å²) in [4.78, 5) is 2.42. The van der Waals surface area contributed by atoms with Crippen molar-refractivity contribution in [3.05, 3.63) is 60.2 Å². The van der Waals surface area contributed by atoms with Crippen molar-refractivity contribution in [1.82, 2.24) is 4.90 Å². The van der Waals surface area contributed by atoms with Crippen LogP contribution in [0.4, 0.5) is 18.9 Å². The molecule has 2 aromatic rings. The van der Waals surface area contributed by atoms with E-state index in [9.17, 15) is 13.2 Å². The van der Waals surface area contributed by atoms with E-state index in [1.807, 2.05) is 6.07 Å². The highest BCUT2D eigenvalue weighted by atomic mass is 19.4. The van der Waals surface area contributed by atoms with Gasteiger partial charge in [-0.15, -0.1) is 13.2 Å². The van der Waals surface area contributed by atoms with Crippen LogP contribution in [0.3, 0.4) is 0 Å². The molecule has 0 aliphatic carbocycles. The lowest BCUT2D eigenvalue weighted by atomic mass is 10.0. The van der Waals surface area contributed by atoms with E-state index in [2.05, 4.69) is 39.2 Å². The molecule has 6 heteroatoms. The Balaban J connectivity index is 1.46. The zero-order valence-electron chi connectivity index (χ0n) is 13.8. The number of halogens is 3. The lowest BCUT2D eigenvalue weighted by Gasteiger charge is -2.33. The summed E-state index contributed by atoms with van der Waals surface area (Å²) >= 11 is 0. The fourth-order valence-corrected chi connectivity index (χ4v) is 3.07. The van der Waals surface area contributed by atoms with Crippen LogP contribution in [0.15, 0.2) is 54.6 Å². The summed E-state index contributed by atoms with van der Waals surface area (Å²) in [7, 11) is 0. The average molecular weight is 350 g/mol. The van der Waals surface area contributed by atoms with Crippen molar-refractivity contribution in [2.24, 2.45) is 0 Å². The Morgan fingerprint density at radius 3 is 2.20 bits per heavy atom. The quantitative estimate of drug-likeness (QED) is 0.849. The van der Waals surface area contributed by atoms with Crippen LogP contribution in [0.2, 0.25) is 0 Å². The molecule has 0 spiro atoms. The van der Waals surface area contributed by atoms with E-state index < -0.39 is 6.36 Å². The molecule has 0 amide bonds. The molecule has 1 heterocycles. The Morgan fingerprint density at radius 2 is 1.60 bits per heavy atom. The van der Waals surface area contributed by atoms with Crippen molar-refractivity contribution in [2.45, 2.75) is 31.8 Å². The zero-order chi connectivity index (χ0) is 17.7. The summed E-state index contributed by atoms with van der Waals surface area (Å²) in [6, 6.07) is 16.6. The van der Waals surface area contributed by atoms with E-state index in [4.69, 9.17) is 0 Å². The highest BCUT2D eigenvalue weighted by molar-refractivity contribution is 5.47. The first-order valence-electron chi connectivity index (χ1n) is 8.36.